The minimum atomic E-state index is -1.17. The Balaban J connectivity index is 2.33. The molecule has 20 heavy (non-hydrogen) atoms. The van der Waals surface area contributed by atoms with Gasteiger partial charge in [-0.2, -0.15) is 0 Å². The van der Waals surface area contributed by atoms with Crippen molar-refractivity contribution in [2.75, 3.05) is 7.11 Å². The molecular weight excluding hydrogens is 264 g/mol. The van der Waals surface area contributed by atoms with Crippen molar-refractivity contribution >= 4 is 18.0 Å². The van der Waals surface area contributed by atoms with Crippen molar-refractivity contribution in [1.29, 1.82) is 0 Å². The fourth-order valence-corrected chi connectivity index (χ4v) is 1.96. The topological polar surface area (TPSA) is 105 Å². The normalized spacial score (nSPS) is 16.9. The van der Waals surface area contributed by atoms with Crippen LogP contribution >= 0.6 is 0 Å². The van der Waals surface area contributed by atoms with E-state index < -0.39 is 24.0 Å². The minimum Gasteiger partial charge on any atom is -0.480 e. The number of ether oxygens (including phenoxy) is 1. The Bertz CT molecular complexity index is 368. The Morgan fingerprint density at radius 1 is 1.30 bits per heavy atom. The zero-order valence-corrected chi connectivity index (χ0v) is 11.8. The number of carbonyl (C=O) groups excluding carboxylic acids is 2. The van der Waals surface area contributed by atoms with Crippen molar-refractivity contribution in [3.63, 3.8) is 0 Å². The summed E-state index contributed by atoms with van der Waals surface area (Å²) in [6, 6.07) is -1.60. The number of carbonyl (C=O) groups is 3. The molecule has 0 aromatic heterocycles. The van der Waals surface area contributed by atoms with Gasteiger partial charge in [0.1, 0.15) is 6.04 Å². The third-order valence-corrected chi connectivity index (χ3v) is 3.23. The number of hydrogen-bond acceptors (Lipinski definition) is 4. The lowest BCUT2D eigenvalue weighted by molar-refractivity contribution is -0.142. The molecule has 0 aliphatic heterocycles. The molecule has 0 aromatic rings. The van der Waals surface area contributed by atoms with Crippen molar-refractivity contribution in [1.82, 2.24) is 10.6 Å². The van der Waals surface area contributed by atoms with Gasteiger partial charge in [-0.3, -0.25) is 4.79 Å². The molecule has 0 spiro atoms. The predicted molar refractivity (Wildman–Crippen MR) is 71.1 cm³/mol. The number of aliphatic carboxylic acids is 1. The summed E-state index contributed by atoms with van der Waals surface area (Å²) in [7, 11) is 1.23. The van der Waals surface area contributed by atoms with Gasteiger partial charge in [-0.05, 0) is 25.7 Å². The number of amides is 2. The number of methoxy groups -OCH3 is 1. The molecule has 2 atom stereocenters. The van der Waals surface area contributed by atoms with E-state index in [9.17, 15) is 14.4 Å². The van der Waals surface area contributed by atoms with E-state index >= 15 is 0 Å². The van der Waals surface area contributed by atoms with Gasteiger partial charge < -0.3 is 20.5 Å². The maximum atomic E-state index is 11.7. The van der Waals surface area contributed by atoms with E-state index in [-0.39, 0.29) is 18.9 Å². The van der Waals surface area contributed by atoms with Gasteiger partial charge >= 0.3 is 18.0 Å². The number of urea groups is 1. The SMILES string of the molecule is COC(=O)CC[C@@H](NC(=O)NC(C)CC1CC1)C(=O)O. The number of carboxylic acid groups (broad SMARTS) is 1. The first kappa shape index (κ1) is 16.3. The molecule has 0 radical (unpaired) electrons. The third kappa shape index (κ3) is 6.40. The summed E-state index contributed by atoms with van der Waals surface area (Å²) in [5.41, 5.74) is 0. The molecule has 1 unspecified atom stereocenters. The van der Waals surface area contributed by atoms with Crippen LogP contribution in [-0.4, -0.2) is 42.3 Å². The summed E-state index contributed by atoms with van der Waals surface area (Å²) in [4.78, 5) is 33.7. The maximum absolute atomic E-state index is 11.7. The molecular formula is C13H22N2O5. The van der Waals surface area contributed by atoms with Crippen LogP contribution in [0.1, 0.15) is 39.0 Å². The lowest BCUT2D eigenvalue weighted by atomic mass is 10.1. The van der Waals surface area contributed by atoms with Crippen LogP contribution in [0.5, 0.6) is 0 Å². The standard InChI is InChI=1S/C13H22N2O5/c1-8(7-9-3-4-9)14-13(19)15-10(12(17)18)5-6-11(16)20-2/h8-10H,3-7H2,1-2H3,(H,17,18)(H2,14,15,19)/t8?,10-/m1/s1. The van der Waals surface area contributed by atoms with Gasteiger partial charge in [0, 0.05) is 12.5 Å². The van der Waals surface area contributed by atoms with Crippen LogP contribution in [0.2, 0.25) is 0 Å². The second-order valence-electron chi connectivity index (χ2n) is 5.20. The highest BCUT2D eigenvalue weighted by molar-refractivity contribution is 5.83. The molecule has 1 aliphatic carbocycles. The number of nitrogens with one attached hydrogen (secondary N) is 2. The molecule has 0 aromatic carbocycles. The number of rotatable bonds is 8. The predicted octanol–water partition coefficient (Wildman–Crippen LogP) is 0.881. The largest absolute Gasteiger partial charge is 0.480 e. The highest BCUT2D eigenvalue weighted by atomic mass is 16.5. The molecule has 1 aliphatic rings. The Morgan fingerprint density at radius 3 is 2.45 bits per heavy atom. The minimum absolute atomic E-state index is 0.00638. The average molecular weight is 286 g/mol. The first-order valence-electron chi connectivity index (χ1n) is 6.79. The zero-order chi connectivity index (χ0) is 15.1. The Hall–Kier alpha value is -1.79. The van der Waals surface area contributed by atoms with E-state index in [1.165, 1.54) is 20.0 Å². The Morgan fingerprint density at radius 2 is 1.95 bits per heavy atom. The molecule has 2 amide bonds. The van der Waals surface area contributed by atoms with Crippen molar-refractivity contribution in [2.45, 2.75) is 51.1 Å². The van der Waals surface area contributed by atoms with Gasteiger partial charge in [0.05, 0.1) is 7.11 Å². The summed E-state index contributed by atoms with van der Waals surface area (Å²) in [6.45, 7) is 1.89. The van der Waals surface area contributed by atoms with Crippen molar-refractivity contribution in [2.24, 2.45) is 5.92 Å². The first-order valence-corrected chi connectivity index (χ1v) is 6.79. The monoisotopic (exact) mass is 286 g/mol. The van der Waals surface area contributed by atoms with Crippen LogP contribution in [0.3, 0.4) is 0 Å². The van der Waals surface area contributed by atoms with Gasteiger partial charge in [-0.1, -0.05) is 12.8 Å². The van der Waals surface area contributed by atoms with Gasteiger partial charge in [0.15, 0.2) is 0 Å². The van der Waals surface area contributed by atoms with Gasteiger partial charge in [0.25, 0.3) is 0 Å². The smallest absolute Gasteiger partial charge is 0.326 e. The molecule has 1 saturated carbocycles. The van der Waals surface area contributed by atoms with Gasteiger partial charge in [-0.15, -0.1) is 0 Å². The van der Waals surface area contributed by atoms with Crippen LogP contribution < -0.4 is 10.6 Å². The lowest BCUT2D eigenvalue weighted by Crippen LogP contribution is -2.48. The fraction of sp³-hybridized carbons (Fsp3) is 0.769. The summed E-state index contributed by atoms with van der Waals surface area (Å²) < 4.78 is 4.44. The first-order chi connectivity index (χ1) is 9.42. The van der Waals surface area contributed by atoms with Crippen molar-refractivity contribution in [3.05, 3.63) is 0 Å². The van der Waals surface area contributed by atoms with E-state index in [1.807, 2.05) is 6.92 Å². The molecule has 3 N–H and O–H groups in total. The fourth-order valence-electron chi connectivity index (χ4n) is 1.96. The van der Waals surface area contributed by atoms with E-state index in [2.05, 4.69) is 15.4 Å². The summed E-state index contributed by atoms with van der Waals surface area (Å²) in [5, 5.41) is 14.1. The second kappa shape index (κ2) is 7.72. The number of hydrogen-bond donors (Lipinski definition) is 3. The van der Waals surface area contributed by atoms with Crippen molar-refractivity contribution in [3.8, 4) is 0 Å². The van der Waals surface area contributed by atoms with E-state index in [1.54, 1.807) is 0 Å². The molecule has 0 bridgehead atoms. The number of carboxylic acids is 1. The van der Waals surface area contributed by atoms with Crippen molar-refractivity contribution < 1.29 is 24.2 Å². The summed E-state index contributed by atoms with van der Waals surface area (Å²) in [6.07, 6.45) is 3.26. The van der Waals surface area contributed by atoms with Gasteiger partial charge in [0.2, 0.25) is 0 Å². The van der Waals surface area contributed by atoms with Crippen LogP contribution in [0.25, 0.3) is 0 Å². The van der Waals surface area contributed by atoms with Crippen LogP contribution in [0, 0.1) is 5.92 Å². The van der Waals surface area contributed by atoms with E-state index in [4.69, 9.17) is 5.11 Å². The summed E-state index contributed by atoms with van der Waals surface area (Å²) >= 11 is 0. The van der Waals surface area contributed by atoms with E-state index in [0.29, 0.717) is 5.92 Å². The van der Waals surface area contributed by atoms with E-state index in [0.717, 1.165) is 6.42 Å². The zero-order valence-electron chi connectivity index (χ0n) is 11.8. The Kier molecular flexibility index (Phi) is 6.27. The average Bonchev–Trinajstić information content (AvgIpc) is 3.16. The molecule has 0 saturated heterocycles. The third-order valence-electron chi connectivity index (χ3n) is 3.23. The van der Waals surface area contributed by atoms with Crippen LogP contribution in [-0.2, 0) is 14.3 Å². The molecule has 7 nitrogen and oxygen atoms in total. The molecule has 114 valence electrons. The Labute approximate surface area is 118 Å². The highest BCUT2D eigenvalue weighted by Gasteiger charge is 2.25. The molecule has 1 fully saturated rings. The van der Waals surface area contributed by atoms with Crippen LogP contribution in [0.4, 0.5) is 4.79 Å². The lowest BCUT2D eigenvalue weighted by Gasteiger charge is -2.18. The molecule has 1 rings (SSSR count). The van der Waals surface area contributed by atoms with Crippen LogP contribution in [0.15, 0.2) is 0 Å². The quantitative estimate of drug-likeness (QED) is 0.574. The maximum Gasteiger partial charge on any atom is 0.326 e. The number of esters is 1. The second-order valence-corrected chi connectivity index (χ2v) is 5.20. The van der Waals surface area contributed by atoms with Gasteiger partial charge in [-0.25, -0.2) is 9.59 Å². The highest BCUT2D eigenvalue weighted by Crippen LogP contribution is 2.33. The molecule has 7 heteroatoms. The summed E-state index contributed by atoms with van der Waals surface area (Å²) in [5.74, 6) is -0.987. The molecule has 0 heterocycles.